The van der Waals surface area contributed by atoms with Crippen LogP contribution in [-0.4, -0.2) is 14.8 Å². The van der Waals surface area contributed by atoms with E-state index in [-0.39, 0.29) is 0 Å². The second kappa shape index (κ2) is 5.95. The summed E-state index contributed by atoms with van der Waals surface area (Å²) in [5.41, 5.74) is 4.52. The molecule has 1 aromatic carbocycles. The zero-order valence-corrected chi connectivity index (χ0v) is 12.5. The van der Waals surface area contributed by atoms with Crippen molar-refractivity contribution in [3.8, 4) is 0 Å². The summed E-state index contributed by atoms with van der Waals surface area (Å²) in [5, 5.41) is 8.89. The Morgan fingerprint density at radius 2 is 2.10 bits per heavy atom. The molecular formula is C17H20N4. The topological polar surface area (TPSA) is 42.7 Å². The first-order valence-electron chi connectivity index (χ1n) is 7.36. The summed E-state index contributed by atoms with van der Waals surface area (Å²) in [7, 11) is 1.94. The summed E-state index contributed by atoms with van der Waals surface area (Å²) in [5.74, 6) is 0. The Morgan fingerprint density at radius 1 is 1.24 bits per heavy atom. The Hall–Kier alpha value is -2.36. The highest BCUT2D eigenvalue weighted by Gasteiger charge is 2.05. The number of nitrogens with one attached hydrogen (secondary N) is 1. The molecule has 0 amide bonds. The van der Waals surface area contributed by atoms with Crippen LogP contribution in [0.5, 0.6) is 0 Å². The van der Waals surface area contributed by atoms with E-state index >= 15 is 0 Å². The Morgan fingerprint density at radius 3 is 2.86 bits per heavy atom. The van der Waals surface area contributed by atoms with Crippen LogP contribution in [0, 0.1) is 0 Å². The van der Waals surface area contributed by atoms with E-state index in [2.05, 4.69) is 41.6 Å². The molecule has 1 N–H and O–H groups in total. The van der Waals surface area contributed by atoms with Crippen LogP contribution in [0.3, 0.4) is 0 Å². The largest absolute Gasteiger partial charge is 0.380 e. The molecule has 108 valence electrons. The molecular weight excluding hydrogens is 260 g/mol. The first kappa shape index (κ1) is 13.6. The number of hydrogen-bond acceptors (Lipinski definition) is 3. The summed E-state index contributed by atoms with van der Waals surface area (Å²) in [6.07, 6.45) is 6.03. The fraction of sp³-hybridized carbons (Fsp3) is 0.294. The highest BCUT2D eigenvalue weighted by Crippen LogP contribution is 2.24. The number of rotatable bonds is 5. The molecule has 0 spiro atoms. The van der Waals surface area contributed by atoms with Gasteiger partial charge in [-0.05, 0) is 18.6 Å². The summed E-state index contributed by atoms with van der Waals surface area (Å²) in [4.78, 5) is 4.73. The van der Waals surface area contributed by atoms with Crippen molar-refractivity contribution in [3.63, 3.8) is 0 Å². The molecule has 0 atom stereocenters. The Bertz CT molecular complexity index is 745. The molecule has 0 aliphatic carbocycles. The number of hydrogen-bond donors (Lipinski definition) is 1. The van der Waals surface area contributed by atoms with Gasteiger partial charge < -0.3 is 5.32 Å². The van der Waals surface area contributed by atoms with Crippen molar-refractivity contribution in [2.24, 2.45) is 7.05 Å². The van der Waals surface area contributed by atoms with E-state index in [0.29, 0.717) is 0 Å². The highest BCUT2D eigenvalue weighted by molar-refractivity contribution is 5.91. The lowest BCUT2D eigenvalue weighted by atomic mass is 10.1. The molecule has 0 fully saturated rings. The number of pyridine rings is 1. The standard InChI is InChI=1S/C17H20N4/c1-3-6-14-9-17(15-7-4-5-8-16(15)20-14)18-10-13-11-19-21(2)12-13/h4-5,7-9,11-12H,3,6,10H2,1-2H3,(H,18,20). The van der Waals surface area contributed by atoms with Crippen LogP contribution in [0.25, 0.3) is 10.9 Å². The first-order valence-corrected chi connectivity index (χ1v) is 7.36. The average molecular weight is 280 g/mol. The molecule has 0 saturated heterocycles. The number of aromatic nitrogens is 3. The van der Waals surface area contributed by atoms with Gasteiger partial charge in [-0.1, -0.05) is 31.5 Å². The molecule has 2 heterocycles. The van der Waals surface area contributed by atoms with Crippen LogP contribution < -0.4 is 5.32 Å². The van der Waals surface area contributed by atoms with Crippen molar-refractivity contribution in [1.29, 1.82) is 0 Å². The van der Waals surface area contributed by atoms with Gasteiger partial charge in [0.1, 0.15) is 0 Å². The predicted molar refractivity (Wildman–Crippen MR) is 86.3 cm³/mol. The number of benzene rings is 1. The van der Waals surface area contributed by atoms with Crippen LogP contribution >= 0.6 is 0 Å². The van der Waals surface area contributed by atoms with Crippen molar-refractivity contribution in [2.75, 3.05) is 5.32 Å². The highest BCUT2D eigenvalue weighted by atomic mass is 15.2. The molecule has 0 bridgehead atoms. The van der Waals surface area contributed by atoms with E-state index in [0.717, 1.165) is 36.3 Å². The maximum atomic E-state index is 4.73. The minimum absolute atomic E-state index is 0.771. The van der Waals surface area contributed by atoms with Gasteiger partial charge in [0, 0.05) is 42.1 Å². The zero-order valence-electron chi connectivity index (χ0n) is 12.5. The van der Waals surface area contributed by atoms with Gasteiger partial charge in [0.05, 0.1) is 11.7 Å². The normalized spacial score (nSPS) is 11.0. The maximum Gasteiger partial charge on any atom is 0.0726 e. The molecule has 0 unspecified atom stereocenters. The number of nitrogens with zero attached hydrogens (tertiary/aromatic N) is 3. The van der Waals surface area contributed by atoms with Crippen LogP contribution in [0.2, 0.25) is 0 Å². The third-order valence-corrected chi connectivity index (χ3v) is 3.52. The monoisotopic (exact) mass is 280 g/mol. The van der Waals surface area contributed by atoms with Gasteiger partial charge >= 0.3 is 0 Å². The minimum Gasteiger partial charge on any atom is -0.380 e. The molecule has 4 heteroatoms. The van der Waals surface area contributed by atoms with Crippen molar-refractivity contribution in [3.05, 3.63) is 54.0 Å². The quantitative estimate of drug-likeness (QED) is 0.777. The molecule has 3 aromatic rings. The third kappa shape index (κ3) is 3.05. The van der Waals surface area contributed by atoms with Gasteiger partial charge in [-0.25, -0.2) is 0 Å². The van der Waals surface area contributed by atoms with Crippen LogP contribution in [-0.2, 0) is 20.0 Å². The van der Waals surface area contributed by atoms with Gasteiger partial charge in [-0.3, -0.25) is 9.67 Å². The van der Waals surface area contributed by atoms with Crippen molar-refractivity contribution >= 4 is 16.6 Å². The Labute approximate surface area is 124 Å². The smallest absolute Gasteiger partial charge is 0.0726 e. The number of para-hydroxylation sites is 1. The lowest BCUT2D eigenvalue weighted by molar-refractivity contribution is 0.767. The third-order valence-electron chi connectivity index (χ3n) is 3.52. The van der Waals surface area contributed by atoms with Gasteiger partial charge in [0.15, 0.2) is 0 Å². The molecule has 3 rings (SSSR count). The fourth-order valence-electron chi connectivity index (χ4n) is 2.52. The molecule has 0 aliphatic heterocycles. The molecule has 2 aromatic heterocycles. The number of anilines is 1. The molecule has 0 aliphatic rings. The van der Waals surface area contributed by atoms with Crippen LogP contribution in [0.4, 0.5) is 5.69 Å². The summed E-state index contributed by atoms with van der Waals surface area (Å²) >= 11 is 0. The van der Waals surface area contributed by atoms with Gasteiger partial charge in [0.25, 0.3) is 0 Å². The summed E-state index contributed by atoms with van der Waals surface area (Å²) in [6, 6.07) is 10.4. The van der Waals surface area contributed by atoms with Crippen molar-refractivity contribution in [2.45, 2.75) is 26.3 Å². The van der Waals surface area contributed by atoms with E-state index in [1.54, 1.807) is 0 Å². The SMILES string of the molecule is CCCc1cc(NCc2cnn(C)c2)c2ccccc2n1. The van der Waals surface area contributed by atoms with Crippen molar-refractivity contribution < 1.29 is 0 Å². The van der Waals surface area contributed by atoms with Gasteiger partial charge in [0.2, 0.25) is 0 Å². The molecule has 0 saturated carbocycles. The van der Waals surface area contributed by atoms with E-state index in [9.17, 15) is 0 Å². The predicted octanol–water partition coefficient (Wildman–Crippen LogP) is 3.53. The zero-order chi connectivity index (χ0) is 14.7. The number of aryl methyl sites for hydroxylation is 2. The van der Waals surface area contributed by atoms with E-state index < -0.39 is 0 Å². The van der Waals surface area contributed by atoms with Crippen LogP contribution in [0.15, 0.2) is 42.7 Å². The van der Waals surface area contributed by atoms with Gasteiger partial charge in [-0.15, -0.1) is 0 Å². The van der Waals surface area contributed by atoms with Crippen molar-refractivity contribution in [1.82, 2.24) is 14.8 Å². The summed E-state index contributed by atoms with van der Waals surface area (Å²) in [6.45, 7) is 2.95. The Balaban J connectivity index is 1.91. The second-order valence-corrected chi connectivity index (χ2v) is 5.30. The summed E-state index contributed by atoms with van der Waals surface area (Å²) < 4.78 is 1.82. The lowest BCUT2D eigenvalue weighted by Gasteiger charge is -2.11. The first-order chi connectivity index (χ1) is 10.3. The van der Waals surface area contributed by atoms with Crippen LogP contribution in [0.1, 0.15) is 24.6 Å². The Kier molecular flexibility index (Phi) is 3.86. The second-order valence-electron chi connectivity index (χ2n) is 5.30. The molecule has 4 nitrogen and oxygen atoms in total. The van der Waals surface area contributed by atoms with E-state index in [4.69, 9.17) is 4.98 Å². The fourth-order valence-corrected chi connectivity index (χ4v) is 2.52. The number of fused-ring (bicyclic) bond motifs is 1. The van der Waals surface area contributed by atoms with E-state index in [1.807, 2.05) is 30.2 Å². The van der Waals surface area contributed by atoms with E-state index in [1.165, 1.54) is 10.9 Å². The minimum atomic E-state index is 0.771. The molecule has 21 heavy (non-hydrogen) atoms. The van der Waals surface area contributed by atoms with Gasteiger partial charge in [-0.2, -0.15) is 5.10 Å². The average Bonchev–Trinajstić information content (AvgIpc) is 2.91. The maximum absolute atomic E-state index is 4.73. The molecule has 0 radical (unpaired) electrons. The lowest BCUT2D eigenvalue weighted by Crippen LogP contribution is -2.01.